The summed E-state index contributed by atoms with van der Waals surface area (Å²) in [5, 5.41) is 11.1. The van der Waals surface area contributed by atoms with Gasteiger partial charge in [-0.05, 0) is 44.1 Å². The Balaban J connectivity index is 1.22. The summed E-state index contributed by atoms with van der Waals surface area (Å²) >= 11 is 0. The van der Waals surface area contributed by atoms with Crippen LogP contribution in [0.3, 0.4) is 0 Å². The zero-order chi connectivity index (χ0) is 21.4. The third kappa shape index (κ3) is 3.75. The Bertz CT molecular complexity index is 858. The molecule has 1 aromatic heterocycles. The van der Waals surface area contributed by atoms with Gasteiger partial charge in [0, 0.05) is 38.9 Å². The van der Waals surface area contributed by atoms with Crippen LogP contribution in [0.2, 0.25) is 0 Å². The number of guanidine groups is 1. The van der Waals surface area contributed by atoms with E-state index in [2.05, 4.69) is 52.8 Å². The Kier molecular flexibility index (Phi) is 5.66. The van der Waals surface area contributed by atoms with Crippen molar-refractivity contribution in [3.63, 3.8) is 0 Å². The smallest absolute Gasteiger partial charge is 0.233 e. The van der Waals surface area contributed by atoms with Gasteiger partial charge in [0.1, 0.15) is 0 Å². The standard InChI is InChI=1S/C22H32N6O2/c1-13(12-28-15(3)9-14(2)26-28)11-25-22(23-4)24-7-8-27-20(29)18-16-5-6-17(10-16)19(18)21(27)30/h5-6,9,13,16-19H,7-8,10-12H2,1-4H3,(H2,23,24,25). The number of hydrogen-bond acceptors (Lipinski definition) is 4. The molecule has 5 atom stereocenters. The molecule has 1 saturated carbocycles. The molecule has 0 spiro atoms. The lowest BCUT2D eigenvalue weighted by Gasteiger charge is -2.20. The Morgan fingerprint density at radius 3 is 2.43 bits per heavy atom. The first-order chi connectivity index (χ1) is 14.4. The molecule has 30 heavy (non-hydrogen) atoms. The number of nitrogens with zero attached hydrogens (tertiary/aromatic N) is 4. The highest BCUT2D eigenvalue weighted by atomic mass is 16.2. The van der Waals surface area contributed by atoms with E-state index in [0.29, 0.717) is 25.0 Å². The minimum Gasteiger partial charge on any atom is -0.356 e. The van der Waals surface area contributed by atoms with Gasteiger partial charge in [-0.1, -0.05) is 19.1 Å². The van der Waals surface area contributed by atoms with E-state index in [-0.39, 0.29) is 35.5 Å². The van der Waals surface area contributed by atoms with Crippen molar-refractivity contribution in [1.29, 1.82) is 0 Å². The maximum atomic E-state index is 12.7. The molecule has 2 amide bonds. The molecule has 5 unspecified atom stereocenters. The van der Waals surface area contributed by atoms with Gasteiger partial charge < -0.3 is 10.6 Å². The number of rotatable bonds is 7. The second-order valence-electron chi connectivity index (χ2n) is 8.92. The van der Waals surface area contributed by atoms with E-state index in [4.69, 9.17) is 0 Å². The molecular formula is C22H32N6O2. The Hall–Kier alpha value is -2.64. The van der Waals surface area contributed by atoms with Crippen LogP contribution in [0.5, 0.6) is 0 Å². The van der Waals surface area contributed by atoms with E-state index in [9.17, 15) is 9.59 Å². The highest BCUT2D eigenvalue weighted by Crippen LogP contribution is 2.52. The normalized spacial score (nSPS) is 28.4. The van der Waals surface area contributed by atoms with Gasteiger partial charge in [0.05, 0.1) is 17.5 Å². The number of nitrogens with one attached hydrogen (secondary N) is 2. The first-order valence-corrected chi connectivity index (χ1v) is 10.9. The molecule has 8 nitrogen and oxygen atoms in total. The van der Waals surface area contributed by atoms with Crippen LogP contribution in [0.4, 0.5) is 0 Å². The molecule has 2 N–H and O–H groups in total. The number of aromatic nitrogens is 2. The Morgan fingerprint density at radius 2 is 1.87 bits per heavy atom. The predicted octanol–water partition coefficient (Wildman–Crippen LogP) is 1.11. The van der Waals surface area contributed by atoms with Crippen molar-refractivity contribution in [2.45, 2.75) is 33.7 Å². The van der Waals surface area contributed by atoms with E-state index < -0.39 is 0 Å². The number of allylic oxidation sites excluding steroid dienone is 2. The van der Waals surface area contributed by atoms with Gasteiger partial charge in [-0.15, -0.1) is 0 Å². The molecule has 3 aliphatic rings. The van der Waals surface area contributed by atoms with Crippen molar-refractivity contribution in [2.24, 2.45) is 34.6 Å². The molecule has 1 aliphatic heterocycles. The molecule has 162 valence electrons. The third-order valence-electron chi connectivity index (χ3n) is 6.62. The summed E-state index contributed by atoms with van der Waals surface area (Å²) in [5.41, 5.74) is 2.19. The molecule has 1 saturated heterocycles. The van der Waals surface area contributed by atoms with Crippen molar-refractivity contribution in [1.82, 2.24) is 25.3 Å². The van der Waals surface area contributed by atoms with Crippen molar-refractivity contribution in [3.8, 4) is 0 Å². The average molecular weight is 413 g/mol. The molecule has 2 fully saturated rings. The number of carbonyl (C=O) groups is 2. The lowest BCUT2D eigenvalue weighted by molar-refractivity contribution is -0.140. The summed E-state index contributed by atoms with van der Waals surface area (Å²) in [5.74, 6) is 1.32. The van der Waals surface area contributed by atoms with E-state index in [0.717, 1.165) is 30.9 Å². The second-order valence-corrected chi connectivity index (χ2v) is 8.92. The van der Waals surface area contributed by atoms with Crippen LogP contribution in [0.25, 0.3) is 0 Å². The number of fused-ring (bicyclic) bond motifs is 5. The number of carbonyl (C=O) groups excluding carboxylic acids is 2. The summed E-state index contributed by atoms with van der Waals surface area (Å²) in [6.07, 6.45) is 5.21. The van der Waals surface area contributed by atoms with Crippen molar-refractivity contribution < 1.29 is 9.59 Å². The van der Waals surface area contributed by atoms with E-state index in [1.807, 2.05) is 11.6 Å². The maximum Gasteiger partial charge on any atom is 0.233 e. The van der Waals surface area contributed by atoms with Gasteiger partial charge in [-0.3, -0.25) is 24.2 Å². The van der Waals surface area contributed by atoms with Crippen LogP contribution < -0.4 is 10.6 Å². The number of hydrogen-bond donors (Lipinski definition) is 2. The maximum absolute atomic E-state index is 12.7. The summed E-state index contributed by atoms with van der Waals surface area (Å²) in [6.45, 7) is 8.69. The van der Waals surface area contributed by atoms with Gasteiger partial charge in [0.15, 0.2) is 5.96 Å². The zero-order valence-corrected chi connectivity index (χ0v) is 18.3. The highest BCUT2D eigenvalue weighted by Gasteiger charge is 2.58. The van der Waals surface area contributed by atoms with E-state index in [1.54, 1.807) is 7.05 Å². The number of amides is 2. The Labute approximate surface area is 177 Å². The monoisotopic (exact) mass is 412 g/mol. The summed E-state index contributed by atoms with van der Waals surface area (Å²) < 4.78 is 2.03. The highest BCUT2D eigenvalue weighted by molar-refractivity contribution is 6.06. The fourth-order valence-corrected chi connectivity index (χ4v) is 5.18. The summed E-state index contributed by atoms with van der Waals surface area (Å²) in [6, 6.07) is 2.08. The van der Waals surface area contributed by atoms with Crippen LogP contribution in [-0.4, -0.2) is 59.1 Å². The quantitative estimate of drug-likeness (QED) is 0.303. The van der Waals surface area contributed by atoms with Gasteiger partial charge in [0.2, 0.25) is 11.8 Å². The fraction of sp³-hybridized carbons (Fsp3) is 0.636. The van der Waals surface area contributed by atoms with Crippen LogP contribution in [0.15, 0.2) is 23.2 Å². The molecule has 0 aromatic carbocycles. The number of likely N-dealkylation sites (tertiary alicyclic amines) is 1. The molecule has 2 bridgehead atoms. The first kappa shape index (κ1) is 20.6. The average Bonchev–Trinajstić information content (AvgIpc) is 3.45. The zero-order valence-electron chi connectivity index (χ0n) is 18.3. The van der Waals surface area contributed by atoms with Crippen molar-refractivity contribution in [2.75, 3.05) is 26.7 Å². The lowest BCUT2D eigenvalue weighted by atomic mass is 9.85. The number of imide groups is 1. The summed E-state index contributed by atoms with van der Waals surface area (Å²) in [4.78, 5) is 31.2. The summed E-state index contributed by atoms with van der Waals surface area (Å²) in [7, 11) is 1.72. The van der Waals surface area contributed by atoms with Gasteiger partial charge in [-0.25, -0.2) is 0 Å². The van der Waals surface area contributed by atoms with Crippen LogP contribution in [0.1, 0.15) is 24.7 Å². The molecule has 0 radical (unpaired) electrons. The van der Waals surface area contributed by atoms with E-state index >= 15 is 0 Å². The first-order valence-electron chi connectivity index (χ1n) is 10.9. The van der Waals surface area contributed by atoms with Gasteiger partial charge >= 0.3 is 0 Å². The molecule has 4 rings (SSSR count). The molecule has 2 heterocycles. The third-order valence-corrected chi connectivity index (χ3v) is 6.62. The topological polar surface area (TPSA) is 91.6 Å². The van der Waals surface area contributed by atoms with Crippen molar-refractivity contribution >= 4 is 17.8 Å². The molecular weight excluding hydrogens is 380 g/mol. The van der Waals surface area contributed by atoms with Gasteiger partial charge in [-0.2, -0.15) is 5.10 Å². The van der Waals surface area contributed by atoms with Crippen molar-refractivity contribution in [3.05, 3.63) is 29.6 Å². The minimum atomic E-state index is -0.125. The number of aryl methyl sites for hydroxylation is 2. The van der Waals surface area contributed by atoms with Gasteiger partial charge in [0.25, 0.3) is 0 Å². The number of aliphatic imine (C=N–C) groups is 1. The largest absolute Gasteiger partial charge is 0.356 e. The molecule has 2 aliphatic carbocycles. The predicted molar refractivity (Wildman–Crippen MR) is 115 cm³/mol. The Morgan fingerprint density at radius 1 is 1.20 bits per heavy atom. The van der Waals surface area contributed by atoms with E-state index in [1.165, 1.54) is 4.90 Å². The lowest BCUT2D eigenvalue weighted by Crippen LogP contribution is -2.44. The minimum absolute atomic E-state index is 0.00473. The van der Waals surface area contributed by atoms with Crippen LogP contribution >= 0.6 is 0 Å². The fourth-order valence-electron chi connectivity index (χ4n) is 5.18. The SMILES string of the molecule is CN=C(NCCN1C(=O)C2C3C=CC(C3)C2C1=O)NCC(C)Cn1nc(C)cc1C. The van der Waals surface area contributed by atoms with Crippen LogP contribution in [0, 0.1) is 43.4 Å². The molecule has 1 aromatic rings. The van der Waals surface area contributed by atoms with Crippen LogP contribution in [-0.2, 0) is 16.1 Å². The second kappa shape index (κ2) is 8.24. The molecule has 8 heteroatoms.